The molecule has 182 valence electrons. The highest BCUT2D eigenvalue weighted by atomic mass is 35.5. The van der Waals surface area contributed by atoms with Gasteiger partial charge in [-0.05, 0) is 54.1 Å². The quantitative estimate of drug-likeness (QED) is 0.523. The Kier molecular flexibility index (Phi) is 7.05. The molecule has 1 aliphatic rings. The lowest BCUT2D eigenvalue weighted by Crippen LogP contribution is -2.50. The zero-order chi connectivity index (χ0) is 25.3. The van der Waals surface area contributed by atoms with Gasteiger partial charge in [0.2, 0.25) is 10.0 Å². The van der Waals surface area contributed by atoms with Gasteiger partial charge in [0.15, 0.2) is 0 Å². The fourth-order valence-corrected chi connectivity index (χ4v) is 5.93. The van der Waals surface area contributed by atoms with Gasteiger partial charge in [-0.25, -0.2) is 8.42 Å². The molecule has 0 saturated carbocycles. The average Bonchev–Trinajstić information content (AvgIpc) is 3.02. The SMILES string of the molecule is COc1ccc(S(=O)(=O)N2Cc3ccccc3N(C(=O)c3ccc(Cl)cc3Cl)CC2C(=O)O)cc1. The summed E-state index contributed by atoms with van der Waals surface area (Å²) in [6.07, 6.45) is 0. The van der Waals surface area contributed by atoms with E-state index in [9.17, 15) is 23.1 Å². The van der Waals surface area contributed by atoms with Crippen LogP contribution in [0.3, 0.4) is 0 Å². The molecular formula is C24H20Cl2N2O6S. The summed E-state index contributed by atoms with van der Waals surface area (Å²) in [5.41, 5.74) is 0.968. The van der Waals surface area contributed by atoms with Gasteiger partial charge in [-0.3, -0.25) is 9.59 Å². The second-order valence-corrected chi connectivity index (χ2v) is 10.5. The largest absolute Gasteiger partial charge is 0.497 e. The standard InChI is InChI=1S/C24H20Cl2N2O6S/c1-34-17-7-9-18(10-8-17)35(32,33)28-13-15-4-2-3-5-21(15)27(14-22(28)24(30)31)23(29)19-11-6-16(25)12-20(19)26/h2-12,22H,13-14H2,1H3,(H,30,31). The Morgan fingerprint density at radius 3 is 2.34 bits per heavy atom. The first-order chi connectivity index (χ1) is 16.6. The Labute approximate surface area is 212 Å². The molecule has 1 unspecified atom stereocenters. The summed E-state index contributed by atoms with van der Waals surface area (Å²) in [5, 5.41) is 10.5. The number of benzene rings is 3. The van der Waals surface area contributed by atoms with Crippen molar-refractivity contribution in [1.29, 1.82) is 0 Å². The van der Waals surface area contributed by atoms with E-state index in [1.807, 2.05) is 0 Å². The van der Waals surface area contributed by atoms with Crippen molar-refractivity contribution in [1.82, 2.24) is 4.31 Å². The summed E-state index contributed by atoms with van der Waals surface area (Å²) in [4.78, 5) is 27.0. The molecule has 35 heavy (non-hydrogen) atoms. The molecule has 1 N–H and O–H groups in total. The van der Waals surface area contributed by atoms with E-state index >= 15 is 0 Å². The molecule has 0 saturated heterocycles. The normalized spacial score (nSPS) is 16.3. The van der Waals surface area contributed by atoms with Gasteiger partial charge >= 0.3 is 5.97 Å². The Bertz CT molecular complexity index is 1400. The molecule has 0 spiro atoms. The fourth-order valence-electron chi connectivity index (χ4n) is 3.89. The number of nitrogens with zero attached hydrogens (tertiary/aromatic N) is 2. The number of rotatable bonds is 5. The molecule has 0 aromatic heterocycles. The molecule has 3 aromatic carbocycles. The van der Waals surface area contributed by atoms with Gasteiger partial charge in [0.1, 0.15) is 11.8 Å². The first-order valence-electron chi connectivity index (χ1n) is 10.4. The van der Waals surface area contributed by atoms with Crippen molar-refractivity contribution in [3.05, 3.63) is 87.9 Å². The van der Waals surface area contributed by atoms with Gasteiger partial charge in [0.25, 0.3) is 5.91 Å². The Morgan fingerprint density at radius 1 is 1.03 bits per heavy atom. The van der Waals surface area contributed by atoms with E-state index in [-0.39, 0.29) is 22.0 Å². The summed E-state index contributed by atoms with van der Waals surface area (Å²) in [7, 11) is -2.81. The molecule has 11 heteroatoms. The molecule has 1 atom stereocenters. The van der Waals surface area contributed by atoms with Crippen LogP contribution in [0.2, 0.25) is 10.0 Å². The monoisotopic (exact) mass is 534 g/mol. The van der Waals surface area contributed by atoms with Crippen LogP contribution in [0.5, 0.6) is 5.75 Å². The average molecular weight is 535 g/mol. The number of halogens is 2. The van der Waals surface area contributed by atoms with Gasteiger partial charge in [0.05, 0.1) is 29.1 Å². The molecule has 8 nitrogen and oxygen atoms in total. The van der Waals surface area contributed by atoms with E-state index in [2.05, 4.69) is 0 Å². The first kappa shape index (κ1) is 25.0. The van der Waals surface area contributed by atoms with E-state index in [1.54, 1.807) is 24.3 Å². The number of carboxylic acids is 1. The van der Waals surface area contributed by atoms with Crippen LogP contribution in [0.1, 0.15) is 15.9 Å². The summed E-state index contributed by atoms with van der Waals surface area (Å²) in [6, 6.07) is 15.1. The number of carbonyl (C=O) groups is 2. The van der Waals surface area contributed by atoms with E-state index in [0.717, 1.165) is 4.31 Å². The molecule has 0 bridgehead atoms. The number of carbonyl (C=O) groups excluding carboxylic acids is 1. The molecule has 0 aliphatic carbocycles. The number of amides is 1. The molecule has 1 aliphatic heterocycles. The third kappa shape index (κ3) is 4.85. The number of sulfonamides is 1. The second kappa shape index (κ2) is 9.87. The Morgan fingerprint density at radius 2 is 1.71 bits per heavy atom. The molecule has 1 heterocycles. The Hall–Kier alpha value is -3.11. The number of fused-ring (bicyclic) bond motifs is 1. The van der Waals surface area contributed by atoms with E-state index in [4.69, 9.17) is 27.9 Å². The van der Waals surface area contributed by atoms with Gasteiger partial charge in [0, 0.05) is 17.3 Å². The van der Waals surface area contributed by atoms with Crippen molar-refractivity contribution >= 4 is 50.8 Å². The van der Waals surface area contributed by atoms with Crippen LogP contribution in [0.15, 0.2) is 71.6 Å². The number of methoxy groups -OCH3 is 1. The topological polar surface area (TPSA) is 104 Å². The maximum Gasteiger partial charge on any atom is 0.323 e. The zero-order valence-corrected chi connectivity index (χ0v) is 20.7. The van der Waals surface area contributed by atoms with Crippen LogP contribution in [0.25, 0.3) is 0 Å². The third-order valence-corrected chi connectivity index (χ3v) is 8.09. The molecule has 4 rings (SSSR count). The number of ether oxygens (including phenoxy) is 1. The fraction of sp³-hybridized carbons (Fsp3) is 0.167. The minimum Gasteiger partial charge on any atom is -0.497 e. The van der Waals surface area contributed by atoms with Crippen molar-refractivity contribution < 1.29 is 27.9 Å². The maximum atomic E-state index is 13.6. The van der Waals surface area contributed by atoms with E-state index < -0.39 is 34.5 Å². The molecule has 3 aromatic rings. The van der Waals surface area contributed by atoms with Crippen molar-refractivity contribution in [2.45, 2.75) is 17.5 Å². The minimum atomic E-state index is -4.26. The zero-order valence-electron chi connectivity index (χ0n) is 18.4. The predicted octanol–water partition coefficient (Wildman–Crippen LogP) is 4.31. The van der Waals surface area contributed by atoms with E-state index in [0.29, 0.717) is 22.0 Å². The first-order valence-corrected chi connectivity index (χ1v) is 12.6. The summed E-state index contributed by atoms with van der Waals surface area (Å²) in [5.74, 6) is -1.51. The smallest absolute Gasteiger partial charge is 0.323 e. The number of hydrogen-bond donors (Lipinski definition) is 1. The van der Waals surface area contributed by atoms with Crippen molar-refractivity contribution in [3.63, 3.8) is 0 Å². The second-order valence-electron chi connectivity index (χ2n) is 7.75. The van der Waals surface area contributed by atoms with Crippen LogP contribution in [-0.2, 0) is 21.4 Å². The van der Waals surface area contributed by atoms with Gasteiger partial charge in [-0.1, -0.05) is 41.4 Å². The van der Waals surface area contributed by atoms with E-state index in [1.165, 1.54) is 54.5 Å². The van der Waals surface area contributed by atoms with Gasteiger partial charge in [-0.15, -0.1) is 0 Å². The lowest BCUT2D eigenvalue weighted by Gasteiger charge is -2.28. The lowest BCUT2D eigenvalue weighted by atomic mass is 10.1. The highest BCUT2D eigenvalue weighted by Gasteiger charge is 2.42. The van der Waals surface area contributed by atoms with Crippen LogP contribution in [0.4, 0.5) is 5.69 Å². The molecular weight excluding hydrogens is 515 g/mol. The third-order valence-electron chi connectivity index (χ3n) is 5.67. The van der Waals surface area contributed by atoms with Gasteiger partial charge < -0.3 is 14.7 Å². The summed E-state index contributed by atoms with van der Waals surface area (Å²) in [6.45, 7) is -0.681. The predicted molar refractivity (Wildman–Crippen MR) is 132 cm³/mol. The molecule has 0 radical (unpaired) electrons. The van der Waals surface area contributed by atoms with Crippen molar-refractivity contribution in [2.75, 3.05) is 18.6 Å². The number of aliphatic carboxylic acids is 1. The summed E-state index contributed by atoms with van der Waals surface area (Å²) < 4.78 is 33.2. The van der Waals surface area contributed by atoms with Crippen molar-refractivity contribution in [2.24, 2.45) is 0 Å². The van der Waals surface area contributed by atoms with Crippen LogP contribution in [-0.4, -0.2) is 49.4 Å². The number of para-hydroxylation sites is 1. The highest BCUT2D eigenvalue weighted by molar-refractivity contribution is 7.89. The van der Waals surface area contributed by atoms with Crippen LogP contribution < -0.4 is 9.64 Å². The Balaban J connectivity index is 1.82. The van der Waals surface area contributed by atoms with Crippen molar-refractivity contribution in [3.8, 4) is 5.75 Å². The van der Waals surface area contributed by atoms with Crippen LogP contribution in [0, 0.1) is 0 Å². The maximum absolute atomic E-state index is 13.6. The van der Waals surface area contributed by atoms with Crippen LogP contribution >= 0.6 is 23.2 Å². The molecule has 1 amide bonds. The summed E-state index contributed by atoms with van der Waals surface area (Å²) >= 11 is 12.2. The highest BCUT2D eigenvalue weighted by Crippen LogP contribution is 2.33. The number of anilines is 1. The lowest BCUT2D eigenvalue weighted by molar-refractivity contribution is -0.141. The minimum absolute atomic E-state index is 0.0949. The number of hydrogen-bond acceptors (Lipinski definition) is 5. The molecule has 0 fully saturated rings. The number of carboxylic acid groups (broad SMARTS) is 1. The van der Waals surface area contributed by atoms with Gasteiger partial charge in [-0.2, -0.15) is 4.31 Å².